The molecule has 1 saturated heterocycles. The summed E-state index contributed by atoms with van der Waals surface area (Å²) in [6.07, 6.45) is 1.01. The molecule has 2 N–H and O–H groups in total. The SMILES string of the molecule is Cc1cccc(OCC(=O)N2CCC(CN)C2)c1. The largest absolute Gasteiger partial charge is 0.484 e. The molecule has 1 aliphatic rings. The number of benzene rings is 1. The molecule has 1 aliphatic heterocycles. The Morgan fingerprint density at radius 1 is 1.56 bits per heavy atom. The summed E-state index contributed by atoms with van der Waals surface area (Å²) in [7, 11) is 0. The number of nitrogens with two attached hydrogens (primary N) is 1. The first kappa shape index (κ1) is 12.9. The maximum atomic E-state index is 11.9. The topological polar surface area (TPSA) is 55.6 Å². The van der Waals surface area contributed by atoms with Crippen LogP contribution in [0.1, 0.15) is 12.0 Å². The molecule has 1 aromatic carbocycles. The molecule has 1 aromatic rings. The van der Waals surface area contributed by atoms with Crippen LogP contribution in [0, 0.1) is 12.8 Å². The highest BCUT2D eigenvalue weighted by atomic mass is 16.5. The van der Waals surface area contributed by atoms with Crippen molar-refractivity contribution < 1.29 is 9.53 Å². The lowest BCUT2D eigenvalue weighted by Gasteiger charge is -2.16. The Morgan fingerprint density at radius 2 is 2.39 bits per heavy atom. The van der Waals surface area contributed by atoms with E-state index in [0.29, 0.717) is 12.5 Å². The molecule has 0 saturated carbocycles. The maximum Gasteiger partial charge on any atom is 0.260 e. The van der Waals surface area contributed by atoms with E-state index in [1.807, 2.05) is 36.1 Å². The van der Waals surface area contributed by atoms with Crippen molar-refractivity contribution in [2.75, 3.05) is 26.2 Å². The molecule has 0 aliphatic carbocycles. The van der Waals surface area contributed by atoms with Crippen molar-refractivity contribution in [3.8, 4) is 5.75 Å². The molecule has 0 aromatic heterocycles. The molecule has 1 fully saturated rings. The number of likely N-dealkylation sites (tertiary alicyclic amines) is 1. The molecule has 0 bridgehead atoms. The van der Waals surface area contributed by atoms with Crippen molar-refractivity contribution in [3.63, 3.8) is 0 Å². The van der Waals surface area contributed by atoms with E-state index in [4.69, 9.17) is 10.5 Å². The van der Waals surface area contributed by atoms with E-state index >= 15 is 0 Å². The van der Waals surface area contributed by atoms with Gasteiger partial charge in [-0.05, 0) is 43.5 Å². The lowest BCUT2D eigenvalue weighted by Crippen LogP contribution is -2.33. The van der Waals surface area contributed by atoms with Gasteiger partial charge in [0.1, 0.15) is 5.75 Å². The molecular weight excluding hydrogens is 228 g/mol. The normalized spacial score (nSPS) is 19.0. The molecule has 4 nitrogen and oxygen atoms in total. The minimum absolute atomic E-state index is 0.0486. The highest BCUT2D eigenvalue weighted by Gasteiger charge is 2.25. The Morgan fingerprint density at radius 3 is 3.06 bits per heavy atom. The van der Waals surface area contributed by atoms with Crippen molar-refractivity contribution >= 4 is 5.91 Å². The van der Waals surface area contributed by atoms with E-state index in [9.17, 15) is 4.79 Å². The zero-order chi connectivity index (χ0) is 13.0. The second-order valence-corrected chi connectivity index (χ2v) is 4.84. The summed E-state index contributed by atoms with van der Waals surface area (Å²) < 4.78 is 5.51. The van der Waals surface area contributed by atoms with Crippen LogP contribution in [0.5, 0.6) is 5.75 Å². The molecule has 1 heterocycles. The van der Waals surface area contributed by atoms with Crippen LogP contribution in [0.2, 0.25) is 0 Å². The van der Waals surface area contributed by atoms with E-state index in [1.54, 1.807) is 0 Å². The molecule has 0 radical (unpaired) electrons. The Bertz CT molecular complexity index is 420. The van der Waals surface area contributed by atoms with E-state index < -0.39 is 0 Å². The number of ether oxygens (including phenoxy) is 1. The highest BCUT2D eigenvalue weighted by Crippen LogP contribution is 2.16. The second kappa shape index (κ2) is 5.87. The molecule has 1 amide bonds. The quantitative estimate of drug-likeness (QED) is 0.870. The smallest absolute Gasteiger partial charge is 0.260 e. The molecule has 1 atom stereocenters. The van der Waals surface area contributed by atoms with Gasteiger partial charge >= 0.3 is 0 Å². The maximum absolute atomic E-state index is 11.9. The van der Waals surface area contributed by atoms with E-state index in [0.717, 1.165) is 30.8 Å². The monoisotopic (exact) mass is 248 g/mol. The Hall–Kier alpha value is -1.55. The standard InChI is InChI=1S/C14H20N2O2/c1-11-3-2-4-13(7-11)18-10-14(17)16-6-5-12(8-15)9-16/h2-4,7,12H,5-6,8-10,15H2,1H3. The zero-order valence-corrected chi connectivity index (χ0v) is 10.8. The van der Waals surface area contributed by atoms with Gasteiger partial charge in [0.25, 0.3) is 5.91 Å². The number of aryl methyl sites for hydroxylation is 1. The molecule has 1 unspecified atom stereocenters. The lowest BCUT2D eigenvalue weighted by atomic mass is 10.1. The fourth-order valence-electron chi connectivity index (χ4n) is 2.19. The van der Waals surface area contributed by atoms with Gasteiger partial charge in [0.2, 0.25) is 0 Å². The average molecular weight is 248 g/mol. The first-order valence-corrected chi connectivity index (χ1v) is 6.36. The predicted octanol–water partition coefficient (Wildman–Crippen LogP) is 1.18. The van der Waals surface area contributed by atoms with Crippen LogP contribution >= 0.6 is 0 Å². The third kappa shape index (κ3) is 3.23. The fraction of sp³-hybridized carbons (Fsp3) is 0.500. The highest BCUT2D eigenvalue weighted by molar-refractivity contribution is 5.78. The number of carbonyl (C=O) groups is 1. The van der Waals surface area contributed by atoms with E-state index in [-0.39, 0.29) is 12.5 Å². The van der Waals surface area contributed by atoms with Crippen LogP contribution in [0.25, 0.3) is 0 Å². The van der Waals surface area contributed by atoms with E-state index in [2.05, 4.69) is 0 Å². The average Bonchev–Trinajstić information content (AvgIpc) is 2.85. The molecule has 98 valence electrons. The van der Waals surface area contributed by atoms with Gasteiger partial charge in [-0.3, -0.25) is 4.79 Å². The van der Waals surface area contributed by atoms with Gasteiger partial charge in [-0.15, -0.1) is 0 Å². The van der Waals surface area contributed by atoms with Crippen LogP contribution < -0.4 is 10.5 Å². The summed E-state index contributed by atoms with van der Waals surface area (Å²) in [5.41, 5.74) is 6.74. The van der Waals surface area contributed by atoms with Crippen LogP contribution in [-0.4, -0.2) is 37.0 Å². The number of hydrogen-bond donors (Lipinski definition) is 1. The number of rotatable bonds is 4. The number of hydrogen-bond acceptors (Lipinski definition) is 3. The summed E-state index contributed by atoms with van der Waals surface area (Å²) in [4.78, 5) is 13.8. The number of carbonyl (C=O) groups excluding carboxylic acids is 1. The second-order valence-electron chi connectivity index (χ2n) is 4.84. The minimum atomic E-state index is 0.0486. The Labute approximate surface area is 108 Å². The van der Waals surface area contributed by atoms with Gasteiger partial charge in [0.05, 0.1) is 0 Å². The molecular formula is C14H20N2O2. The van der Waals surface area contributed by atoms with Crippen molar-refractivity contribution in [1.82, 2.24) is 4.90 Å². The summed E-state index contributed by atoms with van der Waals surface area (Å²) >= 11 is 0. The lowest BCUT2D eigenvalue weighted by molar-refractivity contribution is -0.132. The van der Waals surface area contributed by atoms with Crippen molar-refractivity contribution in [2.24, 2.45) is 11.7 Å². The van der Waals surface area contributed by atoms with Gasteiger partial charge in [0.15, 0.2) is 6.61 Å². The number of nitrogens with zero attached hydrogens (tertiary/aromatic N) is 1. The first-order valence-electron chi connectivity index (χ1n) is 6.36. The summed E-state index contributed by atoms with van der Waals surface area (Å²) in [5, 5.41) is 0. The summed E-state index contributed by atoms with van der Waals surface area (Å²) in [6, 6.07) is 7.73. The minimum Gasteiger partial charge on any atom is -0.484 e. The van der Waals surface area contributed by atoms with Gasteiger partial charge in [0, 0.05) is 13.1 Å². The zero-order valence-electron chi connectivity index (χ0n) is 10.8. The third-order valence-electron chi connectivity index (χ3n) is 3.32. The van der Waals surface area contributed by atoms with E-state index in [1.165, 1.54) is 0 Å². The third-order valence-corrected chi connectivity index (χ3v) is 3.32. The Balaban J connectivity index is 1.82. The molecule has 2 rings (SSSR count). The van der Waals surface area contributed by atoms with Crippen molar-refractivity contribution in [1.29, 1.82) is 0 Å². The van der Waals surface area contributed by atoms with Crippen molar-refractivity contribution in [2.45, 2.75) is 13.3 Å². The predicted molar refractivity (Wildman–Crippen MR) is 70.4 cm³/mol. The van der Waals surface area contributed by atoms with Crippen LogP contribution in [0.15, 0.2) is 24.3 Å². The number of amides is 1. The van der Waals surface area contributed by atoms with Gasteiger partial charge < -0.3 is 15.4 Å². The van der Waals surface area contributed by atoms with Crippen molar-refractivity contribution in [3.05, 3.63) is 29.8 Å². The van der Waals surface area contributed by atoms with Gasteiger partial charge in [-0.25, -0.2) is 0 Å². The Kier molecular flexibility index (Phi) is 4.20. The molecule has 4 heteroatoms. The van der Waals surface area contributed by atoms with Gasteiger partial charge in [-0.2, -0.15) is 0 Å². The molecule has 18 heavy (non-hydrogen) atoms. The van der Waals surface area contributed by atoms with Gasteiger partial charge in [-0.1, -0.05) is 12.1 Å². The van der Waals surface area contributed by atoms with Crippen LogP contribution in [0.4, 0.5) is 0 Å². The van der Waals surface area contributed by atoms with Crippen LogP contribution in [0.3, 0.4) is 0 Å². The summed E-state index contributed by atoms with van der Waals surface area (Å²) in [5.74, 6) is 1.25. The first-order chi connectivity index (χ1) is 8.69. The summed E-state index contributed by atoms with van der Waals surface area (Å²) in [6.45, 7) is 4.34. The van der Waals surface area contributed by atoms with Crippen LogP contribution in [-0.2, 0) is 4.79 Å². The fourth-order valence-corrected chi connectivity index (χ4v) is 2.19. The molecule has 0 spiro atoms.